The van der Waals surface area contributed by atoms with Crippen molar-refractivity contribution in [3.63, 3.8) is 0 Å². The predicted octanol–water partition coefficient (Wildman–Crippen LogP) is 3.22. The molecule has 158 valence electrons. The molecule has 0 fully saturated rings. The number of esters is 1. The van der Waals surface area contributed by atoms with Gasteiger partial charge in [-0.1, -0.05) is 6.07 Å². The molecule has 0 saturated carbocycles. The minimum Gasteiger partial charge on any atom is -0.493 e. The van der Waals surface area contributed by atoms with Crippen LogP contribution in [0.1, 0.15) is 47.2 Å². The van der Waals surface area contributed by atoms with Gasteiger partial charge < -0.3 is 24.1 Å². The number of hydrogen-bond donors (Lipinski definition) is 1. The van der Waals surface area contributed by atoms with Gasteiger partial charge in [-0.25, -0.2) is 4.79 Å². The molecule has 0 aliphatic heterocycles. The number of amides is 1. The van der Waals surface area contributed by atoms with Crippen molar-refractivity contribution in [2.75, 3.05) is 27.4 Å². The molecular weight excluding hydrogens is 372 g/mol. The molecule has 0 spiro atoms. The zero-order chi connectivity index (χ0) is 21.6. The molecule has 0 radical (unpaired) electrons. The molecule has 7 nitrogen and oxygen atoms in total. The zero-order valence-corrected chi connectivity index (χ0v) is 18.0. The van der Waals surface area contributed by atoms with E-state index in [2.05, 4.69) is 23.7 Å². The number of ether oxygens (including phenoxy) is 3. The lowest BCUT2D eigenvalue weighted by Gasteiger charge is -2.13. The number of nitrogens with zero attached hydrogens (tertiary/aromatic N) is 1. The summed E-state index contributed by atoms with van der Waals surface area (Å²) in [5.74, 6) is 0.477. The molecular formula is C22H30N2O5. The Hall–Kier alpha value is -2.96. The molecule has 0 aliphatic rings. The monoisotopic (exact) mass is 402 g/mol. The van der Waals surface area contributed by atoms with E-state index in [-0.39, 0.29) is 18.6 Å². The molecule has 7 heteroatoms. The van der Waals surface area contributed by atoms with Crippen molar-refractivity contribution in [2.24, 2.45) is 0 Å². The molecule has 0 aliphatic carbocycles. The highest BCUT2D eigenvalue weighted by atomic mass is 16.5. The summed E-state index contributed by atoms with van der Waals surface area (Å²) in [7, 11) is 3.16. The summed E-state index contributed by atoms with van der Waals surface area (Å²) in [5.41, 5.74) is 3.33. The van der Waals surface area contributed by atoms with Gasteiger partial charge in [-0.3, -0.25) is 4.79 Å². The van der Waals surface area contributed by atoms with E-state index in [9.17, 15) is 9.59 Å². The lowest BCUT2D eigenvalue weighted by molar-refractivity contribution is -0.124. The highest BCUT2D eigenvalue weighted by Gasteiger charge is 2.19. The minimum absolute atomic E-state index is 0.247. The van der Waals surface area contributed by atoms with Crippen molar-refractivity contribution in [1.29, 1.82) is 0 Å². The minimum atomic E-state index is -0.486. The Bertz CT molecular complexity index is 870. The fraction of sp³-hybridized carbons (Fsp3) is 0.455. The highest BCUT2D eigenvalue weighted by molar-refractivity contribution is 5.92. The quantitative estimate of drug-likeness (QED) is 0.652. The molecule has 2 aromatic rings. The Balaban J connectivity index is 1.83. The largest absolute Gasteiger partial charge is 0.493 e. The first-order valence-electron chi connectivity index (χ1n) is 9.61. The van der Waals surface area contributed by atoms with Gasteiger partial charge in [0.25, 0.3) is 5.91 Å². The van der Waals surface area contributed by atoms with Gasteiger partial charge in [-0.2, -0.15) is 0 Å². The molecule has 1 aromatic heterocycles. The van der Waals surface area contributed by atoms with Crippen LogP contribution in [0.5, 0.6) is 11.5 Å². The second kappa shape index (κ2) is 10.0. The van der Waals surface area contributed by atoms with Crippen molar-refractivity contribution < 1.29 is 23.8 Å². The first-order chi connectivity index (χ1) is 13.8. The Labute approximate surface area is 172 Å². The van der Waals surface area contributed by atoms with Crippen LogP contribution in [0.3, 0.4) is 0 Å². The summed E-state index contributed by atoms with van der Waals surface area (Å²) in [6.45, 7) is 8.06. The first-order valence-corrected chi connectivity index (χ1v) is 9.61. The average molecular weight is 402 g/mol. The maximum absolute atomic E-state index is 12.3. The standard InChI is InChI=1S/C22H30N2O5/c1-14(2)24-15(3)11-18(16(24)4)22(26)29-13-21(25)23-10-9-17-7-8-19(27-5)20(12-17)28-6/h7-8,11-12,14H,9-10,13H2,1-6H3,(H,23,25). The van der Waals surface area contributed by atoms with Crippen molar-refractivity contribution >= 4 is 11.9 Å². The van der Waals surface area contributed by atoms with E-state index in [0.717, 1.165) is 17.0 Å². The highest BCUT2D eigenvalue weighted by Crippen LogP contribution is 2.27. The van der Waals surface area contributed by atoms with E-state index in [1.807, 2.05) is 32.0 Å². The van der Waals surface area contributed by atoms with Crippen LogP contribution in [0, 0.1) is 13.8 Å². The lowest BCUT2D eigenvalue weighted by Crippen LogP contribution is -2.30. The van der Waals surface area contributed by atoms with Gasteiger partial charge in [0.05, 0.1) is 19.8 Å². The second-order valence-electron chi connectivity index (χ2n) is 7.11. The van der Waals surface area contributed by atoms with Crippen LogP contribution < -0.4 is 14.8 Å². The Morgan fingerprint density at radius 2 is 1.76 bits per heavy atom. The number of carbonyl (C=O) groups is 2. The number of aromatic nitrogens is 1. The number of hydrogen-bond acceptors (Lipinski definition) is 5. The summed E-state index contributed by atoms with van der Waals surface area (Å²) in [5, 5.41) is 2.76. The van der Waals surface area contributed by atoms with Crippen molar-refractivity contribution in [3.05, 3.63) is 46.8 Å². The van der Waals surface area contributed by atoms with E-state index in [4.69, 9.17) is 14.2 Å². The van der Waals surface area contributed by atoms with Gasteiger partial charge in [0.2, 0.25) is 0 Å². The lowest BCUT2D eigenvalue weighted by atomic mass is 10.1. The summed E-state index contributed by atoms with van der Waals surface area (Å²) in [6.07, 6.45) is 0.621. The molecule has 1 N–H and O–H groups in total. The maximum Gasteiger partial charge on any atom is 0.340 e. The third kappa shape index (κ3) is 5.53. The molecule has 29 heavy (non-hydrogen) atoms. The van der Waals surface area contributed by atoms with E-state index in [1.54, 1.807) is 20.3 Å². The number of rotatable bonds is 9. The second-order valence-corrected chi connectivity index (χ2v) is 7.11. The molecule has 1 amide bonds. The van der Waals surface area contributed by atoms with Crippen LogP contribution in [0.4, 0.5) is 0 Å². The molecule has 0 bridgehead atoms. The number of carbonyl (C=O) groups excluding carboxylic acids is 2. The van der Waals surface area contributed by atoms with Crippen LogP contribution in [0.2, 0.25) is 0 Å². The van der Waals surface area contributed by atoms with Gasteiger partial charge in [-0.05, 0) is 57.9 Å². The molecule has 2 rings (SSSR count). The van der Waals surface area contributed by atoms with E-state index in [0.29, 0.717) is 30.0 Å². The van der Waals surface area contributed by atoms with Crippen LogP contribution in [0.15, 0.2) is 24.3 Å². The topological polar surface area (TPSA) is 78.8 Å². The van der Waals surface area contributed by atoms with E-state index >= 15 is 0 Å². The van der Waals surface area contributed by atoms with Gasteiger partial charge in [-0.15, -0.1) is 0 Å². The maximum atomic E-state index is 12.3. The SMILES string of the molecule is COc1ccc(CCNC(=O)COC(=O)c2cc(C)n(C(C)C)c2C)cc1OC. The summed E-state index contributed by atoms with van der Waals surface area (Å²) in [6, 6.07) is 7.65. The van der Waals surface area contributed by atoms with E-state index < -0.39 is 5.97 Å². The smallest absolute Gasteiger partial charge is 0.340 e. The van der Waals surface area contributed by atoms with Gasteiger partial charge in [0.1, 0.15) is 0 Å². The van der Waals surface area contributed by atoms with Crippen LogP contribution >= 0.6 is 0 Å². The zero-order valence-electron chi connectivity index (χ0n) is 18.0. The number of nitrogens with one attached hydrogen (secondary N) is 1. The molecule has 1 heterocycles. The average Bonchev–Trinajstić information content (AvgIpc) is 3.00. The molecule has 1 aromatic carbocycles. The van der Waals surface area contributed by atoms with Crippen molar-refractivity contribution in [2.45, 2.75) is 40.2 Å². The van der Waals surface area contributed by atoms with Crippen LogP contribution in [-0.4, -0.2) is 43.8 Å². The summed E-state index contributed by atoms with van der Waals surface area (Å²) >= 11 is 0. The molecule has 0 saturated heterocycles. The van der Waals surface area contributed by atoms with Crippen molar-refractivity contribution in [3.8, 4) is 11.5 Å². The predicted molar refractivity (Wildman–Crippen MR) is 111 cm³/mol. The Morgan fingerprint density at radius 3 is 2.34 bits per heavy atom. The summed E-state index contributed by atoms with van der Waals surface area (Å²) < 4.78 is 17.7. The van der Waals surface area contributed by atoms with Gasteiger partial charge >= 0.3 is 5.97 Å². The fourth-order valence-electron chi connectivity index (χ4n) is 3.42. The van der Waals surface area contributed by atoms with E-state index in [1.165, 1.54) is 0 Å². The first kappa shape index (κ1) is 22.3. The third-order valence-corrected chi connectivity index (χ3v) is 4.74. The number of benzene rings is 1. The van der Waals surface area contributed by atoms with Crippen LogP contribution in [0.25, 0.3) is 0 Å². The fourth-order valence-corrected chi connectivity index (χ4v) is 3.42. The van der Waals surface area contributed by atoms with Gasteiger partial charge in [0, 0.05) is 24.0 Å². The number of aryl methyl sites for hydroxylation is 1. The normalized spacial score (nSPS) is 10.7. The van der Waals surface area contributed by atoms with Gasteiger partial charge in [0.15, 0.2) is 18.1 Å². The Kier molecular flexibility index (Phi) is 7.70. The molecule has 0 unspecified atom stereocenters. The molecule has 0 atom stereocenters. The van der Waals surface area contributed by atoms with Crippen LogP contribution in [-0.2, 0) is 16.0 Å². The third-order valence-electron chi connectivity index (χ3n) is 4.74. The summed E-state index contributed by atoms with van der Waals surface area (Å²) in [4.78, 5) is 24.4. The Morgan fingerprint density at radius 1 is 1.07 bits per heavy atom. The van der Waals surface area contributed by atoms with Crippen molar-refractivity contribution in [1.82, 2.24) is 9.88 Å². The number of methoxy groups -OCH3 is 2.